The maximum Gasteiger partial charge on any atom is 0.416 e. The topological polar surface area (TPSA) is 125 Å². The van der Waals surface area contributed by atoms with Crippen LogP contribution in [0.1, 0.15) is 86.8 Å². The molecule has 584 valence electrons. The third-order valence-electron chi connectivity index (χ3n) is 16.1. The van der Waals surface area contributed by atoms with E-state index >= 15 is 0 Å². The van der Waals surface area contributed by atoms with E-state index in [1.165, 1.54) is 93.9 Å². The zero-order valence-electron chi connectivity index (χ0n) is 61.0. The van der Waals surface area contributed by atoms with Gasteiger partial charge in [-0.1, -0.05) is 72.8 Å². The second kappa shape index (κ2) is 38.5. The Bertz CT molecular complexity index is 4360. The van der Waals surface area contributed by atoms with Gasteiger partial charge in [0, 0.05) is 22.3 Å². The lowest BCUT2D eigenvalue weighted by Gasteiger charge is -2.10. The summed E-state index contributed by atoms with van der Waals surface area (Å²) in [6, 6.07) is 42.8. The second-order valence-electron chi connectivity index (χ2n) is 24.2. The molecule has 0 atom stereocenters. The number of alkyl halides is 12. The molecular formula is C80H72F12N4O8S6-4. The van der Waals surface area contributed by atoms with E-state index in [1.54, 1.807) is 28.4 Å². The number of hydrogen-bond donors (Lipinski definition) is 0. The molecule has 0 amide bonds. The van der Waals surface area contributed by atoms with E-state index < -0.39 is 47.0 Å². The lowest BCUT2D eigenvalue weighted by Crippen LogP contribution is -2.03. The molecular weight excluding hydrogens is 1570 g/mol. The molecule has 8 aromatic carbocycles. The molecule has 0 radical (unpaired) electrons. The number of ether oxygens (including phenoxy) is 8. The summed E-state index contributed by atoms with van der Waals surface area (Å²) in [4.78, 5) is 21.5. The first-order valence-corrected chi connectivity index (χ1v) is 36.0. The van der Waals surface area contributed by atoms with Gasteiger partial charge in [-0.2, -0.15) is 52.7 Å². The van der Waals surface area contributed by atoms with Gasteiger partial charge in [-0.3, -0.25) is 0 Å². The summed E-state index contributed by atoms with van der Waals surface area (Å²) in [5.41, 5.74) is 7.29. The van der Waals surface area contributed by atoms with Gasteiger partial charge in [0.1, 0.15) is 46.5 Å². The lowest BCUT2D eigenvalue weighted by molar-refractivity contribution is -0.138. The molecule has 0 unspecified atom stereocenters. The average molecular weight is 1640 g/mol. The van der Waals surface area contributed by atoms with E-state index in [0.717, 1.165) is 113 Å². The molecule has 0 bridgehead atoms. The second-order valence-corrected chi connectivity index (χ2v) is 28.5. The fraction of sp³-hybridized carbons (Fsp3) is 0.250. The fourth-order valence-corrected chi connectivity index (χ4v) is 14.0. The Labute approximate surface area is 658 Å². The Hall–Kier alpha value is -9.46. The number of benzene rings is 8. The molecule has 0 aliphatic rings. The third-order valence-corrected chi connectivity index (χ3v) is 20.8. The monoisotopic (exact) mass is 1640 g/mol. The van der Waals surface area contributed by atoms with Crippen LogP contribution in [0.4, 0.5) is 52.7 Å². The Morgan fingerprint density at radius 3 is 0.582 bits per heavy atom. The summed E-state index contributed by atoms with van der Waals surface area (Å²) in [7, 11) is 6.33. The summed E-state index contributed by atoms with van der Waals surface area (Å²) in [6.07, 6.45) is -17.4. The highest BCUT2D eigenvalue weighted by atomic mass is 32.1. The largest absolute Gasteiger partial charge is 2.00 e. The van der Waals surface area contributed by atoms with E-state index in [1.807, 2.05) is 128 Å². The Balaban J connectivity index is 0.000000203. The maximum absolute atomic E-state index is 12.7. The van der Waals surface area contributed by atoms with Gasteiger partial charge in [-0.25, -0.2) is 19.9 Å². The quantitative estimate of drug-likeness (QED) is 0.0675. The predicted octanol–water partition coefficient (Wildman–Crippen LogP) is 24.1. The number of thiazole rings is 4. The van der Waals surface area contributed by atoms with Gasteiger partial charge in [0.2, 0.25) is 0 Å². The van der Waals surface area contributed by atoms with Crippen LogP contribution in [0.25, 0.3) is 42.3 Å². The van der Waals surface area contributed by atoms with Gasteiger partial charge in [-0.05, 0) is 175 Å². The molecule has 4 aromatic heterocycles. The minimum atomic E-state index is -4.34. The molecule has 12 nitrogen and oxygen atoms in total. The molecule has 0 spiro atoms. The van der Waals surface area contributed by atoms with Crippen molar-refractivity contribution in [2.24, 2.45) is 0 Å². The summed E-state index contributed by atoms with van der Waals surface area (Å²) < 4.78 is 197. The van der Waals surface area contributed by atoms with Gasteiger partial charge in [0.05, 0.1) is 93.0 Å². The van der Waals surface area contributed by atoms with Crippen molar-refractivity contribution in [2.45, 2.75) is 107 Å². The molecule has 0 saturated heterocycles. The van der Waals surface area contributed by atoms with Crippen LogP contribution in [0.15, 0.2) is 170 Å². The molecule has 0 aliphatic carbocycles. The first-order chi connectivity index (χ1) is 51.1. The number of nitrogens with zero attached hydrogens (tertiary/aromatic N) is 4. The molecule has 0 N–H and O–H groups in total. The Kier molecular flexibility index (Phi) is 30.7. The molecule has 12 rings (SSSR count). The number of rotatable bonds is 20. The van der Waals surface area contributed by atoms with Crippen LogP contribution >= 0.6 is 45.3 Å². The van der Waals surface area contributed by atoms with E-state index in [2.05, 4.69) is 19.9 Å². The SMILES string of the molecule is COc1ccc(C)cc1OCc1sc(-c2ccc(C(F)(F)F)cc2)nc1C.COc1ccc(C)cc1OCc1sc(-c2ccc(C(F)(F)F)cc2)nc1C.COc1ccc(C)cc1OCc1sc(-c2ccc(C(F)(F)F)cc2)nc1C.COc1ccc(C)cc1OCc1sc(-c2ccc(C(F)(F)F)cc2)nc1C.[S-2].[S-2]. The highest BCUT2D eigenvalue weighted by Gasteiger charge is 2.33. The van der Waals surface area contributed by atoms with E-state index in [9.17, 15) is 52.7 Å². The Morgan fingerprint density at radius 2 is 0.427 bits per heavy atom. The molecule has 4 heterocycles. The van der Waals surface area contributed by atoms with Crippen molar-refractivity contribution in [1.29, 1.82) is 0 Å². The molecule has 30 heteroatoms. The number of aryl methyl sites for hydroxylation is 8. The molecule has 0 saturated carbocycles. The summed E-state index contributed by atoms with van der Waals surface area (Å²) in [5, 5.41) is 2.65. The zero-order chi connectivity index (χ0) is 78.4. The smallest absolute Gasteiger partial charge is 0.416 e. The van der Waals surface area contributed by atoms with Gasteiger partial charge in [0.25, 0.3) is 0 Å². The van der Waals surface area contributed by atoms with Crippen LogP contribution in [-0.2, 0) is 78.1 Å². The highest BCUT2D eigenvalue weighted by molar-refractivity contribution is 7.37. The average Bonchev–Trinajstić information content (AvgIpc) is 1.81. The van der Waals surface area contributed by atoms with Crippen LogP contribution in [0.5, 0.6) is 46.0 Å². The minimum Gasteiger partial charge on any atom is -2.00 e. The number of aromatic nitrogens is 4. The zero-order valence-corrected chi connectivity index (χ0v) is 65.9. The van der Waals surface area contributed by atoms with Gasteiger partial charge in [0.15, 0.2) is 46.0 Å². The molecule has 0 fully saturated rings. The van der Waals surface area contributed by atoms with Crippen molar-refractivity contribution in [1.82, 2.24) is 19.9 Å². The fourth-order valence-electron chi connectivity index (χ4n) is 10.1. The first-order valence-electron chi connectivity index (χ1n) is 32.8. The van der Waals surface area contributed by atoms with Crippen LogP contribution < -0.4 is 37.9 Å². The highest BCUT2D eigenvalue weighted by Crippen LogP contribution is 2.41. The number of halogens is 12. The maximum atomic E-state index is 12.7. The van der Waals surface area contributed by atoms with E-state index in [4.69, 9.17) is 37.9 Å². The number of hydrogen-bond acceptors (Lipinski definition) is 16. The van der Waals surface area contributed by atoms with Crippen LogP contribution in [-0.4, -0.2) is 48.4 Å². The van der Waals surface area contributed by atoms with Crippen molar-refractivity contribution in [3.05, 3.63) is 257 Å². The summed E-state index contributed by atoms with van der Waals surface area (Å²) >= 11 is 5.62. The minimum absolute atomic E-state index is 0. The van der Waals surface area contributed by atoms with Gasteiger partial charge < -0.3 is 64.9 Å². The summed E-state index contributed by atoms with van der Waals surface area (Å²) in [5.74, 6) is 5.14. The molecule has 110 heavy (non-hydrogen) atoms. The normalized spacial score (nSPS) is 11.3. The third kappa shape index (κ3) is 23.8. The van der Waals surface area contributed by atoms with Crippen LogP contribution in [0.3, 0.4) is 0 Å². The van der Waals surface area contributed by atoms with Crippen molar-refractivity contribution in [2.75, 3.05) is 28.4 Å². The van der Waals surface area contributed by atoms with Gasteiger partial charge in [-0.15, -0.1) is 45.3 Å². The predicted molar refractivity (Wildman–Crippen MR) is 412 cm³/mol. The van der Waals surface area contributed by atoms with Crippen molar-refractivity contribution >= 4 is 72.3 Å². The first kappa shape index (κ1) is 87.8. The molecule has 0 aliphatic heterocycles. The van der Waals surface area contributed by atoms with Crippen molar-refractivity contribution in [3.8, 4) is 88.3 Å². The summed E-state index contributed by atoms with van der Waals surface area (Å²) in [6.45, 7) is 16.5. The van der Waals surface area contributed by atoms with E-state index in [-0.39, 0.29) is 27.0 Å². The van der Waals surface area contributed by atoms with Crippen LogP contribution in [0, 0.1) is 55.4 Å². The van der Waals surface area contributed by atoms with E-state index in [0.29, 0.717) is 115 Å². The van der Waals surface area contributed by atoms with Crippen molar-refractivity contribution in [3.63, 3.8) is 0 Å². The van der Waals surface area contributed by atoms with Crippen LogP contribution in [0.2, 0.25) is 0 Å². The van der Waals surface area contributed by atoms with Gasteiger partial charge >= 0.3 is 24.7 Å². The van der Waals surface area contributed by atoms with Crippen molar-refractivity contribution < 1.29 is 90.6 Å². The lowest BCUT2D eigenvalue weighted by atomic mass is 10.1. The number of methoxy groups -OCH3 is 4. The standard InChI is InChI=1S/4C20H18F3NO2S.2S/c4*1-12-4-9-16(25-3)17(10-12)26-11-18-13(2)24-19(27-18)14-5-7-15(8-6-14)20(21,22)23;;/h4*4-10H,11H2,1-3H3;;/q;;;;2*-2. The Morgan fingerprint density at radius 1 is 0.255 bits per heavy atom. The molecule has 12 aromatic rings.